The zero-order valence-corrected chi connectivity index (χ0v) is 15.5. The predicted molar refractivity (Wildman–Crippen MR) is 92.4 cm³/mol. The van der Waals surface area contributed by atoms with Crippen LogP contribution in [-0.4, -0.2) is 40.0 Å². The van der Waals surface area contributed by atoms with Crippen molar-refractivity contribution < 1.29 is 35.9 Å². The van der Waals surface area contributed by atoms with Crippen LogP contribution >= 0.6 is 0 Å². The highest BCUT2D eigenvalue weighted by Crippen LogP contribution is 2.30. The monoisotopic (exact) mass is 433 g/mol. The molecule has 1 fully saturated rings. The summed E-state index contributed by atoms with van der Waals surface area (Å²) in [5.74, 6) is -0.312. The van der Waals surface area contributed by atoms with Gasteiger partial charge in [0.05, 0.1) is 18.5 Å². The number of piperidine rings is 1. The molecule has 11 heteroatoms. The second-order valence-corrected chi connectivity index (χ2v) is 6.82. The normalized spacial score (nSPS) is 17.7. The number of hydrogen-bond acceptors (Lipinski definition) is 4. The van der Waals surface area contributed by atoms with Gasteiger partial charge in [-0.15, -0.1) is 0 Å². The molecule has 1 aromatic heterocycles. The third-order valence-electron chi connectivity index (χ3n) is 4.56. The number of rotatable bonds is 4. The molecule has 0 N–H and O–H groups in total. The number of alkyl halides is 6. The summed E-state index contributed by atoms with van der Waals surface area (Å²) in [5, 5.41) is 0. The first-order valence-corrected chi connectivity index (χ1v) is 9.03. The lowest BCUT2D eigenvalue weighted by Crippen LogP contribution is -2.45. The lowest BCUT2D eigenvalue weighted by Gasteiger charge is -2.32. The van der Waals surface area contributed by atoms with Gasteiger partial charge in [-0.05, 0) is 36.6 Å². The highest BCUT2D eigenvalue weighted by molar-refractivity contribution is 5.79. The van der Waals surface area contributed by atoms with E-state index in [1.807, 2.05) is 0 Å². The Kier molecular flexibility index (Phi) is 6.18. The number of carbonyl (C=O) groups excluding carboxylic acids is 1. The summed E-state index contributed by atoms with van der Waals surface area (Å²) < 4.78 is 81.6. The van der Waals surface area contributed by atoms with E-state index in [1.165, 1.54) is 17.0 Å². The topological polar surface area (TPSA) is 55.3 Å². The lowest BCUT2D eigenvalue weighted by atomic mass is 10.1. The zero-order chi connectivity index (χ0) is 21.9. The zero-order valence-electron chi connectivity index (χ0n) is 15.5. The first kappa shape index (κ1) is 21.8. The van der Waals surface area contributed by atoms with Crippen LogP contribution < -0.4 is 4.74 Å². The van der Waals surface area contributed by atoms with Crippen molar-refractivity contribution in [2.75, 3.05) is 13.1 Å². The van der Waals surface area contributed by atoms with Gasteiger partial charge in [-0.1, -0.05) is 12.1 Å². The van der Waals surface area contributed by atoms with E-state index >= 15 is 0 Å². The molecule has 1 aliphatic heterocycles. The van der Waals surface area contributed by atoms with E-state index < -0.39 is 35.7 Å². The Balaban J connectivity index is 1.60. The van der Waals surface area contributed by atoms with E-state index in [1.54, 1.807) is 0 Å². The molecule has 0 radical (unpaired) electrons. The van der Waals surface area contributed by atoms with Gasteiger partial charge in [-0.3, -0.25) is 4.79 Å². The summed E-state index contributed by atoms with van der Waals surface area (Å²) >= 11 is 0. The summed E-state index contributed by atoms with van der Waals surface area (Å²) in [6.45, 7) is 0.544. The molecule has 2 heterocycles. The fourth-order valence-corrected chi connectivity index (χ4v) is 3.06. The van der Waals surface area contributed by atoms with E-state index in [0.717, 1.165) is 24.4 Å². The Hall–Kier alpha value is -2.85. The van der Waals surface area contributed by atoms with E-state index in [0.29, 0.717) is 24.9 Å². The van der Waals surface area contributed by atoms with E-state index in [9.17, 15) is 31.1 Å². The van der Waals surface area contributed by atoms with Crippen LogP contribution in [0.4, 0.5) is 26.3 Å². The van der Waals surface area contributed by atoms with Crippen LogP contribution in [0.3, 0.4) is 0 Å². The van der Waals surface area contributed by atoms with Gasteiger partial charge in [-0.2, -0.15) is 31.3 Å². The van der Waals surface area contributed by atoms with Gasteiger partial charge < -0.3 is 9.64 Å². The molecule has 1 atom stereocenters. The number of benzene rings is 1. The average Bonchev–Trinajstić information content (AvgIpc) is 2.67. The molecule has 0 saturated carbocycles. The maximum absolute atomic E-state index is 12.8. The SMILES string of the molecule is O=C(Cc1ccc(C(F)(F)F)cc1)N1CCCC(Oc2nccc(C(F)(F)F)n2)C1. The van der Waals surface area contributed by atoms with Gasteiger partial charge in [0.15, 0.2) is 5.69 Å². The van der Waals surface area contributed by atoms with Crippen LogP contribution in [0.15, 0.2) is 36.5 Å². The maximum atomic E-state index is 12.8. The minimum Gasteiger partial charge on any atom is -0.458 e. The van der Waals surface area contributed by atoms with E-state index in [2.05, 4.69) is 9.97 Å². The number of ether oxygens (including phenoxy) is 1. The van der Waals surface area contributed by atoms with Crippen molar-refractivity contribution >= 4 is 5.91 Å². The fraction of sp³-hybridized carbons (Fsp3) is 0.421. The third-order valence-corrected chi connectivity index (χ3v) is 4.56. The molecule has 162 valence electrons. The molecule has 0 aliphatic carbocycles. The Morgan fingerprint density at radius 1 is 1.07 bits per heavy atom. The largest absolute Gasteiger partial charge is 0.458 e. The Morgan fingerprint density at radius 3 is 2.40 bits per heavy atom. The van der Waals surface area contributed by atoms with E-state index in [4.69, 9.17) is 4.74 Å². The number of likely N-dealkylation sites (tertiary alicyclic amines) is 1. The van der Waals surface area contributed by atoms with Crippen LogP contribution in [0.25, 0.3) is 0 Å². The molecule has 5 nitrogen and oxygen atoms in total. The van der Waals surface area contributed by atoms with Crippen LogP contribution in [0.1, 0.15) is 29.7 Å². The van der Waals surface area contributed by atoms with Gasteiger partial charge in [0.25, 0.3) is 0 Å². The number of nitrogens with zero attached hydrogens (tertiary/aromatic N) is 3. The first-order chi connectivity index (χ1) is 14.0. The standard InChI is InChI=1S/C19H17F6N3O2/c20-18(21,22)13-5-3-12(4-6-13)10-16(29)28-9-1-2-14(11-28)30-17-26-8-7-15(27-17)19(23,24)25/h3-8,14H,1-2,9-11H2. The second kappa shape index (κ2) is 8.49. The smallest absolute Gasteiger partial charge is 0.433 e. The van der Waals surface area contributed by atoms with Crippen molar-refractivity contribution in [1.29, 1.82) is 0 Å². The van der Waals surface area contributed by atoms with Crippen molar-refractivity contribution in [2.24, 2.45) is 0 Å². The predicted octanol–water partition coefficient (Wildman–Crippen LogP) is 4.13. The van der Waals surface area contributed by atoms with Crippen molar-refractivity contribution in [1.82, 2.24) is 14.9 Å². The van der Waals surface area contributed by atoms with Crippen molar-refractivity contribution in [3.05, 3.63) is 53.3 Å². The van der Waals surface area contributed by atoms with Crippen LogP contribution in [0, 0.1) is 0 Å². The van der Waals surface area contributed by atoms with Gasteiger partial charge >= 0.3 is 18.4 Å². The van der Waals surface area contributed by atoms with Crippen LogP contribution in [-0.2, 0) is 23.6 Å². The van der Waals surface area contributed by atoms with Gasteiger partial charge in [0, 0.05) is 12.7 Å². The summed E-state index contributed by atoms with van der Waals surface area (Å²) in [4.78, 5) is 21.0. The molecule has 1 amide bonds. The van der Waals surface area contributed by atoms with Gasteiger partial charge in [-0.25, -0.2) is 4.98 Å². The van der Waals surface area contributed by atoms with Crippen molar-refractivity contribution in [2.45, 2.75) is 37.7 Å². The molecule has 30 heavy (non-hydrogen) atoms. The molecular weight excluding hydrogens is 416 g/mol. The molecule has 1 unspecified atom stereocenters. The maximum Gasteiger partial charge on any atom is 0.433 e. The van der Waals surface area contributed by atoms with Crippen molar-refractivity contribution in [3.63, 3.8) is 0 Å². The number of amides is 1. The molecule has 1 aromatic carbocycles. The average molecular weight is 433 g/mol. The Labute approximate surface area is 167 Å². The molecule has 1 aliphatic rings. The van der Waals surface area contributed by atoms with Crippen LogP contribution in [0.5, 0.6) is 6.01 Å². The summed E-state index contributed by atoms with van der Waals surface area (Å²) in [6.07, 6.45) is -7.75. The highest BCUT2D eigenvalue weighted by atomic mass is 19.4. The van der Waals surface area contributed by atoms with E-state index in [-0.39, 0.29) is 18.9 Å². The fourth-order valence-electron chi connectivity index (χ4n) is 3.06. The molecular formula is C19H17F6N3O2. The van der Waals surface area contributed by atoms with Gasteiger partial charge in [0.2, 0.25) is 5.91 Å². The molecule has 2 aromatic rings. The molecule has 0 spiro atoms. The Bertz CT molecular complexity index is 883. The number of hydrogen-bond donors (Lipinski definition) is 0. The summed E-state index contributed by atoms with van der Waals surface area (Å²) in [6, 6.07) is 4.62. The highest BCUT2D eigenvalue weighted by Gasteiger charge is 2.34. The molecule has 0 bridgehead atoms. The second-order valence-electron chi connectivity index (χ2n) is 6.82. The summed E-state index contributed by atoms with van der Waals surface area (Å²) in [5.41, 5.74) is -1.50. The third kappa shape index (κ3) is 5.61. The van der Waals surface area contributed by atoms with Crippen molar-refractivity contribution in [3.8, 4) is 6.01 Å². The van der Waals surface area contributed by atoms with Crippen LogP contribution in [0.2, 0.25) is 0 Å². The minimum atomic E-state index is -4.63. The first-order valence-electron chi connectivity index (χ1n) is 9.03. The van der Waals surface area contributed by atoms with Gasteiger partial charge in [0.1, 0.15) is 6.10 Å². The number of aromatic nitrogens is 2. The molecule has 3 rings (SSSR count). The number of carbonyl (C=O) groups is 1. The Morgan fingerprint density at radius 2 is 1.77 bits per heavy atom. The minimum absolute atomic E-state index is 0.0923. The summed E-state index contributed by atoms with van der Waals surface area (Å²) in [7, 11) is 0. The quantitative estimate of drug-likeness (QED) is 0.681. The number of halogens is 6. The molecule has 1 saturated heterocycles. The lowest BCUT2D eigenvalue weighted by molar-refractivity contribution is -0.141.